The number of sulfone groups is 1. The molecule has 1 aromatic heterocycles. The Kier molecular flexibility index (Phi) is 6.96. The van der Waals surface area contributed by atoms with E-state index < -0.39 is 35.6 Å². The largest absolute Gasteiger partial charge is 0.361 e. The molecule has 1 aliphatic rings. The minimum atomic E-state index is -3.82. The van der Waals surface area contributed by atoms with Gasteiger partial charge in [0.2, 0.25) is 10.0 Å². The maximum absolute atomic E-state index is 13.2. The first-order chi connectivity index (χ1) is 13.5. The van der Waals surface area contributed by atoms with Gasteiger partial charge in [-0.15, -0.1) is 0 Å². The summed E-state index contributed by atoms with van der Waals surface area (Å²) in [5.74, 6) is 0.192. The van der Waals surface area contributed by atoms with Gasteiger partial charge in [0.15, 0.2) is 15.6 Å². The predicted molar refractivity (Wildman–Crippen MR) is 116 cm³/mol. The molecule has 0 atom stereocenters. The monoisotopic (exact) mass is 462 g/mol. The fourth-order valence-electron chi connectivity index (χ4n) is 3.42. The lowest BCUT2D eigenvalue weighted by molar-refractivity contribution is -0.120. The lowest BCUT2D eigenvalue weighted by Crippen LogP contribution is -2.50. The molecule has 1 aromatic rings. The van der Waals surface area contributed by atoms with Gasteiger partial charge in [-0.3, -0.25) is 4.79 Å². The van der Waals surface area contributed by atoms with Crippen molar-refractivity contribution >= 4 is 25.6 Å². The molecule has 2 heterocycles. The zero-order chi connectivity index (χ0) is 23.1. The number of nitrogens with zero attached hydrogens (tertiary/aromatic N) is 2. The van der Waals surface area contributed by atoms with E-state index in [9.17, 15) is 21.6 Å². The van der Waals surface area contributed by atoms with E-state index in [0.29, 0.717) is 11.7 Å². The van der Waals surface area contributed by atoms with Crippen molar-refractivity contribution in [2.75, 3.05) is 19.3 Å². The van der Waals surface area contributed by atoms with Crippen LogP contribution >= 0.6 is 0 Å². The van der Waals surface area contributed by atoms with Gasteiger partial charge >= 0.3 is 0 Å². The van der Waals surface area contributed by atoms with Gasteiger partial charge in [0.05, 0.1) is 23.6 Å². The highest BCUT2D eigenvalue weighted by molar-refractivity contribution is 7.94. The minimum absolute atomic E-state index is 0.142. The second-order valence-corrected chi connectivity index (χ2v) is 14.3. The van der Waals surface area contributed by atoms with Gasteiger partial charge in [-0.05, 0) is 32.6 Å². The van der Waals surface area contributed by atoms with Crippen molar-refractivity contribution in [2.45, 2.75) is 76.2 Å². The molecule has 1 aliphatic heterocycles. The van der Waals surface area contributed by atoms with Crippen LogP contribution in [-0.2, 0) is 36.5 Å². The lowest BCUT2D eigenvalue weighted by atomic mass is 9.78. The van der Waals surface area contributed by atoms with E-state index in [1.807, 2.05) is 13.8 Å². The second-order valence-electron chi connectivity index (χ2n) is 9.57. The number of aromatic nitrogens is 1. The number of carbonyl (C=O) groups excluding carboxylic acids is 1. The standard InChI is InChI=1S/C20H34N2O6S2/c1-14(2)19(3,4)17-12-15(28-21-17)13-18(23)20(5,6)30(26,27)16-8-10-22(11-9-16)29(7,24)25/h12,14,16H,8-11,13H2,1-7H3. The third-order valence-corrected chi connectivity index (χ3v) is 11.0. The van der Waals surface area contributed by atoms with E-state index in [0.717, 1.165) is 11.9 Å². The number of rotatable bonds is 8. The summed E-state index contributed by atoms with van der Waals surface area (Å²) in [7, 11) is -7.17. The molecule has 0 saturated carbocycles. The lowest BCUT2D eigenvalue weighted by Gasteiger charge is -2.34. The van der Waals surface area contributed by atoms with Crippen LogP contribution in [0.5, 0.6) is 0 Å². The summed E-state index contributed by atoms with van der Waals surface area (Å²) >= 11 is 0. The maximum atomic E-state index is 13.2. The fraction of sp³-hybridized carbons (Fsp3) is 0.800. The summed E-state index contributed by atoms with van der Waals surface area (Å²) in [6.45, 7) is 11.3. The van der Waals surface area contributed by atoms with Crippen LogP contribution < -0.4 is 0 Å². The highest BCUT2D eigenvalue weighted by Gasteiger charge is 2.47. The molecule has 10 heteroatoms. The molecule has 0 spiro atoms. The fourth-order valence-corrected chi connectivity index (χ4v) is 6.34. The van der Waals surface area contributed by atoms with Crippen LogP contribution in [0.1, 0.15) is 65.8 Å². The summed E-state index contributed by atoms with van der Waals surface area (Å²) in [5, 5.41) is 3.34. The van der Waals surface area contributed by atoms with E-state index >= 15 is 0 Å². The number of piperidine rings is 1. The van der Waals surface area contributed by atoms with Crippen molar-refractivity contribution in [3.05, 3.63) is 17.5 Å². The first kappa shape index (κ1) is 25.0. The summed E-state index contributed by atoms with van der Waals surface area (Å²) < 4.78 is 54.8. The zero-order valence-electron chi connectivity index (χ0n) is 18.9. The van der Waals surface area contributed by atoms with Gasteiger partial charge in [0, 0.05) is 24.6 Å². The average molecular weight is 463 g/mol. The van der Waals surface area contributed by atoms with Gasteiger partial charge < -0.3 is 4.52 Å². The number of hydrogen-bond donors (Lipinski definition) is 0. The van der Waals surface area contributed by atoms with E-state index in [2.05, 4.69) is 19.0 Å². The van der Waals surface area contributed by atoms with Crippen molar-refractivity contribution in [2.24, 2.45) is 5.92 Å². The molecule has 1 fully saturated rings. The highest BCUT2D eigenvalue weighted by Crippen LogP contribution is 2.33. The van der Waals surface area contributed by atoms with E-state index in [1.165, 1.54) is 18.2 Å². The average Bonchev–Trinajstić information content (AvgIpc) is 3.10. The summed E-state index contributed by atoms with van der Waals surface area (Å²) in [6.07, 6.45) is 1.32. The molecule has 172 valence electrons. The van der Waals surface area contributed by atoms with Crippen molar-refractivity contribution in [1.29, 1.82) is 0 Å². The molecule has 30 heavy (non-hydrogen) atoms. The third kappa shape index (κ3) is 4.80. The Hall–Kier alpha value is -1.26. The van der Waals surface area contributed by atoms with Gasteiger partial charge in [0.25, 0.3) is 0 Å². The Balaban J connectivity index is 2.14. The number of Topliss-reactive ketones (excluding diaryl/α,β-unsaturated/α-hetero) is 1. The molecule has 0 aromatic carbocycles. The van der Waals surface area contributed by atoms with Crippen LogP contribution in [0.15, 0.2) is 10.6 Å². The summed E-state index contributed by atoms with van der Waals surface area (Å²) in [4.78, 5) is 13.0. The maximum Gasteiger partial charge on any atom is 0.211 e. The van der Waals surface area contributed by atoms with Crippen molar-refractivity contribution in [3.8, 4) is 0 Å². The minimum Gasteiger partial charge on any atom is -0.361 e. The molecule has 0 N–H and O–H groups in total. The number of carbonyl (C=O) groups is 1. The van der Waals surface area contributed by atoms with E-state index in [4.69, 9.17) is 4.52 Å². The van der Waals surface area contributed by atoms with Crippen LogP contribution in [-0.4, -0.2) is 61.4 Å². The predicted octanol–water partition coefficient (Wildman–Crippen LogP) is 2.34. The van der Waals surface area contributed by atoms with Crippen LogP contribution in [0.25, 0.3) is 0 Å². The molecule has 8 nitrogen and oxygen atoms in total. The van der Waals surface area contributed by atoms with E-state index in [1.54, 1.807) is 6.07 Å². The van der Waals surface area contributed by atoms with Crippen molar-refractivity contribution in [3.63, 3.8) is 0 Å². The molecule has 0 amide bonds. The number of hydrogen-bond acceptors (Lipinski definition) is 7. The van der Waals surface area contributed by atoms with Crippen LogP contribution in [0.2, 0.25) is 0 Å². The Morgan fingerprint density at radius 1 is 1.17 bits per heavy atom. The van der Waals surface area contributed by atoms with Crippen LogP contribution in [0.4, 0.5) is 0 Å². The van der Waals surface area contributed by atoms with Gasteiger partial charge in [-0.1, -0.05) is 32.9 Å². The van der Waals surface area contributed by atoms with Gasteiger partial charge in [-0.2, -0.15) is 0 Å². The molecular weight excluding hydrogens is 428 g/mol. The Labute approximate surface area is 180 Å². The molecule has 2 rings (SSSR count). The quantitative estimate of drug-likeness (QED) is 0.582. The molecule has 0 bridgehead atoms. The zero-order valence-corrected chi connectivity index (χ0v) is 20.6. The normalized spacial score (nSPS) is 18.1. The third-order valence-electron chi connectivity index (χ3n) is 6.69. The van der Waals surface area contributed by atoms with Gasteiger partial charge in [0.1, 0.15) is 10.5 Å². The number of sulfonamides is 1. The Bertz CT molecular complexity index is 982. The smallest absolute Gasteiger partial charge is 0.211 e. The number of ketones is 1. The topological polar surface area (TPSA) is 115 Å². The Morgan fingerprint density at radius 3 is 2.17 bits per heavy atom. The molecule has 0 unspecified atom stereocenters. The molecule has 0 aliphatic carbocycles. The summed E-state index contributed by atoms with van der Waals surface area (Å²) in [6, 6.07) is 1.73. The van der Waals surface area contributed by atoms with Crippen molar-refractivity contribution in [1.82, 2.24) is 9.46 Å². The Morgan fingerprint density at radius 2 is 1.70 bits per heavy atom. The van der Waals surface area contributed by atoms with Gasteiger partial charge in [-0.25, -0.2) is 21.1 Å². The molecular formula is C20H34N2O6S2. The van der Waals surface area contributed by atoms with E-state index in [-0.39, 0.29) is 37.8 Å². The first-order valence-electron chi connectivity index (χ1n) is 10.2. The second kappa shape index (κ2) is 8.35. The van der Waals surface area contributed by atoms with Crippen molar-refractivity contribution < 1.29 is 26.2 Å². The molecule has 1 saturated heterocycles. The SMILES string of the molecule is CC(C)C(C)(C)c1cc(CC(=O)C(C)(C)S(=O)(=O)C2CCN(S(C)(=O)=O)CC2)on1. The summed E-state index contributed by atoms with van der Waals surface area (Å²) in [5.41, 5.74) is 0.495. The molecule has 0 radical (unpaired) electrons. The first-order valence-corrected chi connectivity index (χ1v) is 13.6. The van der Waals surface area contributed by atoms with Crippen LogP contribution in [0.3, 0.4) is 0 Å². The van der Waals surface area contributed by atoms with Crippen LogP contribution in [0, 0.1) is 5.92 Å². The highest BCUT2D eigenvalue weighted by atomic mass is 32.2.